The van der Waals surface area contributed by atoms with Crippen molar-refractivity contribution < 1.29 is 14.2 Å². The summed E-state index contributed by atoms with van der Waals surface area (Å²) in [6, 6.07) is 14.4. The standard InChI is InChI=1S/C20H16N6O4/c1-12-11-18(25(23-12)16-7-9-17(10-8-16)26(28)29)22-19(27)14-3-5-15(6-4-14)20-21-13(2)24-30-20/h3-11H,1-2H3,(H,22,27). The van der Waals surface area contributed by atoms with Gasteiger partial charge >= 0.3 is 0 Å². The molecule has 2 aromatic carbocycles. The van der Waals surface area contributed by atoms with Gasteiger partial charge in [0.2, 0.25) is 0 Å². The lowest BCUT2D eigenvalue weighted by Crippen LogP contribution is -2.15. The van der Waals surface area contributed by atoms with Crippen molar-refractivity contribution in [3.63, 3.8) is 0 Å². The number of nitrogens with zero attached hydrogens (tertiary/aromatic N) is 5. The third-order valence-electron chi connectivity index (χ3n) is 4.30. The smallest absolute Gasteiger partial charge is 0.269 e. The molecule has 10 heteroatoms. The van der Waals surface area contributed by atoms with Gasteiger partial charge in [0.1, 0.15) is 5.82 Å². The highest BCUT2D eigenvalue weighted by Crippen LogP contribution is 2.22. The fraction of sp³-hybridized carbons (Fsp3) is 0.100. The minimum absolute atomic E-state index is 0.0234. The second-order valence-corrected chi connectivity index (χ2v) is 6.53. The Hall–Kier alpha value is -4.34. The van der Waals surface area contributed by atoms with Gasteiger partial charge in [-0.05, 0) is 50.2 Å². The summed E-state index contributed by atoms with van der Waals surface area (Å²) in [5, 5.41) is 21.8. The minimum atomic E-state index is -0.472. The summed E-state index contributed by atoms with van der Waals surface area (Å²) in [4.78, 5) is 27.2. The molecule has 0 unspecified atom stereocenters. The Labute approximate surface area is 170 Å². The van der Waals surface area contributed by atoms with Gasteiger partial charge in [0.15, 0.2) is 5.82 Å². The fourth-order valence-corrected chi connectivity index (χ4v) is 2.87. The molecule has 4 aromatic rings. The van der Waals surface area contributed by atoms with Crippen molar-refractivity contribution in [1.82, 2.24) is 19.9 Å². The number of rotatable bonds is 5. The molecule has 0 atom stereocenters. The molecular weight excluding hydrogens is 388 g/mol. The highest BCUT2D eigenvalue weighted by molar-refractivity contribution is 6.04. The van der Waals surface area contributed by atoms with Crippen molar-refractivity contribution in [3.05, 3.63) is 81.8 Å². The van der Waals surface area contributed by atoms with E-state index in [-0.39, 0.29) is 11.6 Å². The van der Waals surface area contributed by atoms with Crippen molar-refractivity contribution in [2.24, 2.45) is 0 Å². The summed E-state index contributed by atoms with van der Waals surface area (Å²) < 4.78 is 6.64. The van der Waals surface area contributed by atoms with E-state index in [9.17, 15) is 14.9 Å². The lowest BCUT2D eigenvalue weighted by molar-refractivity contribution is -0.384. The van der Waals surface area contributed by atoms with Gasteiger partial charge in [-0.3, -0.25) is 14.9 Å². The van der Waals surface area contributed by atoms with Gasteiger partial charge in [-0.15, -0.1) is 0 Å². The summed E-state index contributed by atoms with van der Waals surface area (Å²) >= 11 is 0. The normalized spacial score (nSPS) is 10.7. The van der Waals surface area contributed by atoms with Crippen molar-refractivity contribution >= 4 is 17.4 Å². The van der Waals surface area contributed by atoms with E-state index in [1.807, 2.05) is 0 Å². The summed E-state index contributed by atoms with van der Waals surface area (Å²) in [6.07, 6.45) is 0. The van der Waals surface area contributed by atoms with Crippen LogP contribution in [0.15, 0.2) is 59.1 Å². The number of carbonyl (C=O) groups is 1. The van der Waals surface area contributed by atoms with Crippen LogP contribution in [-0.4, -0.2) is 30.8 Å². The van der Waals surface area contributed by atoms with Crippen LogP contribution >= 0.6 is 0 Å². The zero-order valence-corrected chi connectivity index (χ0v) is 16.1. The molecule has 0 saturated heterocycles. The van der Waals surface area contributed by atoms with E-state index in [1.54, 1.807) is 56.3 Å². The number of nitro groups is 1. The van der Waals surface area contributed by atoms with Crippen molar-refractivity contribution in [2.45, 2.75) is 13.8 Å². The van der Waals surface area contributed by atoms with Crippen LogP contribution in [0.2, 0.25) is 0 Å². The first-order valence-corrected chi connectivity index (χ1v) is 8.94. The molecule has 150 valence electrons. The maximum Gasteiger partial charge on any atom is 0.269 e. The fourth-order valence-electron chi connectivity index (χ4n) is 2.87. The molecule has 0 saturated carbocycles. The molecule has 10 nitrogen and oxygen atoms in total. The third-order valence-corrected chi connectivity index (χ3v) is 4.30. The topological polar surface area (TPSA) is 129 Å². The number of hydrogen-bond acceptors (Lipinski definition) is 7. The van der Waals surface area contributed by atoms with Crippen molar-refractivity contribution in [3.8, 4) is 17.1 Å². The summed E-state index contributed by atoms with van der Waals surface area (Å²) in [5.74, 6) is 1.03. The number of amides is 1. The Bertz CT molecular complexity index is 1230. The largest absolute Gasteiger partial charge is 0.334 e. The van der Waals surface area contributed by atoms with Crippen LogP contribution in [-0.2, 0) is 0 Å². The van der Waals surface area contributed by atoms with Gasteiger partial charge in [-0.25, -0.2) is 4.68 Å². The first-order chi connectivity index (χ1) is 14.4. The Morgan fingerprint density at radius 3 is 2.40 bits per heavy atom. The predicted octanol–water partition coefficient (Wildman–Crippen LogP) is 3.70. The second kappa shape index (κ2) is 7.59. The van der Waals surface area contributed by atoms with Crippen LogP contribution in [0.3, 0.4) is 0 Å². The van der Waals surface area contributed by atoms with E-state index in [0.717, 1.165) is 0 Å². The van der Waals surface area contributed by atoms with Gasteiger partial charge in [0.25, 0.3) is 17.5 Å². The molecule has 1 N–H and O–H groups in total. The second-order valence-electron chi connectivity index (χ2n) is 6.53. The molecule has 0 bridgehead atoms. The monoisotopic (exact) mass is 404 g/mol. The highest BCUT2D eigenvalue weighted by Gasteiger charge is 2.14. The van der Waals surface area contributed by atoms with E-state index >= 15 is 0 Å². The lowest BCUT2D eigenvalue weighted by Gasteiger charge is -2.09. The maximum atomic E-state index is 12.7. The molecule has 2 aromatic heterocycles. The number of aromatic nitrogens is 4. The Morgan fingerprint density at radius 1 is 1.10 bits per heavy atom. The molecule has 2 heterocycles. The molecule has 0 spiro atoms. The van der Waals surface area contributed by atoms with Gasteiger partial charge in [-0.2, -0.15) is 10.1 Å². The number of aryl methyl sites for hydroxylation is 2. The molecule has 4 rings (SSSR count). The number of non-ortho nitro benzene ring substituents is 1. The first-order valence-electron chi connectivity index (χ1n) is 8.94. The molecule has 0 aliphatic heterocycles. The molecular formula is C20H16N6O4. The SMILES string of the molecule is Cc1cc(NC(=O)c2ccc(-c3nc(C)no3)cc2)n(-c2ccc([N+](=O)[O-])cc2)n1. The number of nitro benzene ring substituents is 1. The van der Waals surface area contributed by atoms with Crippen LogP contribution in [0.25, 0.3) is 17.1 Å². The third kappa shape index (κ3) is 3.78. The van der Waals surface area contributed by atoms with E-state index in [0.29, 0.717) is 40.0 Å². The van der Waals surface area contributed by atoms with Gasteiger partial charge < -0.3 is 9.84 Å². The van der Waals surface area contributed by atoms with Crippen LogP contribution in [0, 0.1) is 24.0 Å². The number of hydrogen-bond donors (Lipinski definition) is 1. The molecule has 0 aliphatic carbocycles. The number of nitrogens with one attached hydrogen (secondary N) is 1. The number of benzene rings is 2. The van der Waals surface area contributed by atoms with Crippen molar-refractivity contribution in [2.75, 3.05) is 5.32 Å². The molecule has 1 amide bonds. The molecule has 0 fully saturated rings. The zero-order chi connectivity index (χ0) is 21.3. The molecule has 30 heavy (non-hydrogen) atoms. The Balaban J connectivity index is 1.56. The Kier molecular flexibility index (Phi) is 4.80. The average Bonchev–Trinajstić information content (AvgIpc) is 3.33. The Morgan fingerprint density at radius 2 is 1.80 bits per heavy atom. The average molecular weight is 404 g/mol. The van der Waals surface area contributed by atoms with Crippen LogP contribution in [0.4, 0.5) is 11.5 Å². The van der Waals surface area contributed by atoms with E-state index in [4.69, 9.17) is 4.52 Å². The molecule has 0 radical (unpaired) electrons. The van der Waals surface area contributed by atoms with E-state index in [1.165, 1.54) is 16.8 Å². The van der Waals surface area contributed by atoms with Crippen molar-refractivity contribution in [1.29, 1.82) is 0 Å². The van der Waals surface area contributed by atoms with Crippen LogP contribution in [0.5, 0.6) is 0 Å². The quantitative estimate of drug-likeness (QED) is 0.396. The number of anilines is 1. The highest BCUT2D eigenvalue weighted by atomic mass is 16.6. The lowest BCUT2D eigenvalue weighted by atomic mass is 10.1. The van der Waals surface area contributed by atoms with Crippen LogP contribution in [0.1, 0.15) is 21.9 Å². The van der Waals surface area contributed by atoms with Crippen LogP contribution < -0.4 is 5.32 Å². The number of carbonyl (C=O) groups excluding carboxylic acids is 1. The van der Waals surface area contributed by atoms with E-state index in [2.05, 4.69) is 20.6 Å². The summed E-state index contributed by atoms with van der Waals surface area (Å²) in [7, 11) is 0. The summed E-state index contributed by atoms with van der Waals surface area (Å²) in [6.45, 7) is 3.52. The first kappa shape index (κ1) is 19.0. The predicted molar refractivity (Wildman–Crippen MR) is 107 cm³/mol. The van der Waals surface area contributed by atoms with Gasteiger partial charge in [0.05, 0.1) is 16.3 Å². The molecule has 0 aliphatic rings. The summed E-state index contributed by atoms with van der Waals surface area (Å²) in [5.41, 5.74) is 2.39. The maximum absolute atomic E-state index is 12.7. The van der Waals surface area contributed by atoms with Gasteiger partial charge in [0, 0.05) is 29.3 Å². The minimum Gasteiger partial charge on any atom is -0.334 e. The van der Waals surface area contributed by atoms with E-state index < -0.39 is 4.92 Å². The zero-order valence-electron chi connectivity index (χ0n) is 16.1. The van der Waals surface area contributed by atoms with Gasteiger partial charge in [-0.1, -0.05) is 5.16 Å².